The molecule has 0 aliphatic rings. The number of aliphatic hydroxyl groups is 1. The van der Waals surface area contributed by atoms with Crippen molar-refractivity contribution in [1.82, 2.24) is 5.32 Å². The summed E-state index contributed by atoms with van der Waals surface area (Å²) in [4.78, 5) is 0. The number of rotatable bonds is 7. The van der Waals surface area contributed by atoms with E-state index in [1.54, 1.807) is 24.9 Å². The summed E-state index contributed by atoms with van der Waals surface area (Å²) in [5, 5.41) is 21.7. The Balaban J connectivity index is 2.66. The Labute approximate surface area is 118 Å². The quantitative estimate of drug-likeness (QED) is 0.797. The van der Waals surface area contributed by atoms with Crippen LogP contribution in [-0.4, -0.2) is 36.4 Å². The van der Waals surface area contributed by atoms with Gasteiger partial charge in [0, 0.05) is 17.8 Å². The molecule has 0 aliphatic carbocycles. The molecular formula is C14H20N2O2S. The van der Waals surface area contributed by atoms with Crippen molar-refractivity contribution >= 4 is 11.8 Å². The SMILES string of the molecule is COc1cc(CNC(C)C(CO)SC)ccc1C#N. The van der Waals surface area contributed by atoms with Crippen LogP contribution in [0.5, 0.6) is 5.75 Å². The van der Waals surface area contributed by atoms with Crippen LogP contribution in [0.25, 0.3) is 0 Å². The maximum atomic E-state index is 9.23. The van der Waals surface area contributed by atoms with Crippen LogP contribution in [-0.2, 0) is 6.54 Å². The Morgan fingerprint density at radius 2 is 2.26 bits per heavy atom. The number of thioether (sulfide) groups is 1. The molecule has 0 aliphatic heterocycles. The van der Waals surface area contributed by atoms with E-state index in [1.807, 2.05) is 18.4 Å². The van der Waals surface area contributed by atoms with E-state index in [0.717, 1.165) is 5.56 Å². The third kappa shape index (κ3) is 4.43. The van der Waals surface area contributed by atoms with Crippen molar-refractivity contribution < 1.29 is 9.84 Å². The summed E-state index contributed by atoms with van der Waals surface area (Å²) in [6.07, 6.45) is 1.99. The number of aliphatic hydroxyl groups excluding tert-OH is 1. The zero-order valence-electron chi connectivity index (χ0n) is 11.5. The summed E-state index contributed by atoms with van der Waals surface area (Å²) in [6.45, 7) is 2.89. The average molecular weight is 280 g/mol. The van der Waals surface area contributed by atoms with Gasteiger partial charge in [0.25, 0.3) is 0 Å². The number of ether oxygens (including phenoxy) is 1. The molecule has 2 unspecified atom stereocenters. The van der Waals surface area contributed by atoms with Crippen LogP contribution in [0.1, 0.15) is 18.1 Å². The van der Waals surface area contributed by atoms with Crippen molar-refractivity contribution in [3.05, 3.63) is 29.3 Å². The molecule has 0 saturated carbocycles. The topological polar surface area (TPSA) is 65.3 Å². The van der Waals surface area contributed by atoms with E-state index in [4.69, 9.17) is 10.00 Å². The number of methoxy groups -OCH3 is 1. The second kappa shape index (κ2) is 8.05. The highest BCUT2D eigenvalue weighted by atomic mass is 32.2. The van der Waals surface area contributed by atoms with Crippen LogP contribution in [0.15, 0.2) is 18.2 Å². The molecule has 0 bridgehead atoms. The molecule has 2 N–H and O–H groups in total. The fourth-order valence-electron chi connectivity index (χ4n) is 1.79. The Hall–Kier alpha value is -1.22. The van der Waals surface area contributed by atoms with Gasteiger partial charge in [-0.05, 0) is 30.9 Å². The third-order valence-corrected chi connectivity index (χ3v) is 4.22. The summed E-state index contributed by atoms with van der Waals surface area (Å²) < 4.78 is 5.18. The maximum absolute atomic E-state index is 9.23. The molecule has 2 atom stereocenters. The van der Waals surface area contributed by atoms with E-state index in [2.05, 4.69) is 18.3 Å². The van der Waals surface area contributed by atoms with E-state index in [0.29, 0.717) is 17.9 Å². The molecule has 0 spiro atoms. The Morgan fingerprint density at radius 1 is 1.53 bits per heavy atom. The second-order valence-corrected chi connectivity index (χ2v) is 5.35. The molecule has 0 saturated heterocycles. The molecular weight excluding hydrogens is 260 g/mol. The van der Waals surface area contributed by atoms with Gasteiger partial charge in [-0.1, -0.05) is 6.07 Å². The summed E-state index contributed by atoms with van der Waals surface area (Å²) >= 11 is 1.65. The van der Waals surface area contributed by atoms with Crippen LogP contribution in [0.2, 0.25) is 0 Å². The van der Waals surface area contributed by atoms with E-state index < -0.39 is 0 Å². The Kier molecular flexibility index (Phi) is 6.71. The summed E-state index contributed by atoms with van der Waals surface area (Å²) in [7, 11) is 1.56. The molecule has 0 fully saturated rings. The summed E-state index contributed by atoms with van der Waals surface area (Å²) in [5.41, 5.74) is 1.59. The minimum absolute atomic E-state index is 0.159. The lowest BCUT2D eigenvalue weighted by atomic mass is 10.1. The number of nitrogens with zero attached hydrogens (tertiary/aromatic N) is 1. The lowest BCUT2D eigenvalue weighted by molar-refractivity contribution is 0.276. The summed E-state index contributed by atoms with van der Waals surface area (Å²) in [5.74, 6) is 0.595. The van der Waals surface area contributed by atoms with Crippen LogP contribution in [0.3, 0.4) is 0 Å². The average Bonchev–Trinajstić information content (AvgIpc) is 2.45. The standard InChI is InChI=1S/C14H20N2O2S/c1-10(14(9-17)19-3)16-8-11-4-5-12(7-15)13(6-11)18-2/h4-6,10,14,16-17H,8-9H2,1-3H3. The molecule has 0 aromatic heterocycles. The van der Waals surface area contributed by atoms with Crippen molar-refractivity contribution in [1.29, 1.82) is 5.26 Å². The maximum Gasteiger partial charge on any atom is 0.136 e. The molecule has 19 heavy (non-hydrogen) atoms. The van der Waals surface area contributed by atoms with E-state index in [1.165, 1.54) is 0 Å². The van der Waals surface area contributed by atoms with E-state index in [-0.39, 0.29) is 17.9 Å². The van der Waals surface area contributed by atoms with Crippen LogP contribution in [0.4, 0.5) is 0 Å². The van der Waals surface area contributed by atoms with Crippen LogP contribution in [0, 0.1) is 11.3 Å². The monoisotopic (exact) mass is 280 g/mol. The van der Waals surface area contributed by atoms with Crippen LogP contribution < -0.4 is 10.1 Å². The predicted molar refractivity (Wildman–Crippen MR) is 78.4 cm³/mol. The van der Waals surface area contributed by atoms with Crippen molar-refractivity contribution in [2.75, 3.05) is 20.0 Å². The largest absolute Gasteiger partial charge is 0.495 e. The van der Waals surface area contributed by atoms with Gasteiger partial charge in [-0.2, -0.15) is 17.0 Å². The zero-order valence-corrected chi connectivity index (χ0v) is 12.3. The lowest BCUT2D eigenvalue weighted by Crippen LogP contribution is -2.37. The van der Waals surface area contributed by atoms with Crippen LogP contribution >= 0.6 is 11.8 Å². The van der Waals surface area contributed by atoms with Gasteiger partial charge in [0.1, 0.15) is 11.8 Å². The van der Waals surface area contributed by atoms with Gasteiger partial charge in [-0.25, -0.2) is 0 Å². The van der Waals surface area contributed by atoms with Gasteiger partial charge >= 0.3 is 0 Å². The first-order valence-corrected chi connectivity index (χ1v) is 7.39. The zero-order chi connectivity index (χ0) is 14.3. The minimum atomic E-state index is 0.159. The van der Waals surface area contributed by atoms with Gasteiger partial charge in [-0.3, -0.25) is 0 Å². The molecule has 1 rings (SSSR count). The molecule has 1 aromatic rings. The predicted octanol–water partition coefficient (Wildman–Crippen LogP) is 1.77. The van der Waals surface area contributed by atoms with Crippen molar-refractivity contribution in [2.24, 2.45) is 0 Å². The molecule has 4 nitrogen and oxygen atoms in total. The molecule has 1 aromatic carbocycles. The van der Waals surface area contributed by atoms with Gasteiger partial charge in [0.05, 0.1) is 19.3 Å². The van der Waals surface area contributed by atoms with Gasteiger partial charge in [0.2, 0.25) is 0 Å². The van der Waals surface area contributed by atoms with E-state index in [9.17, 15) is 5.11 Å². The van der Waals surface area contributed by atoms with Crippen molar-refractivity contribution in [3.8, 4) is 11.8 Å². The first-order chi connectivity index (χ1) is 9.15. The lowest BCUT2D eigenvalue weighted by Gasteiger charge is -2.21. The molecule has 0 radical (unpaired) electrons. The molecule has 104 valence electrons. The fraction of sp³-hybridized carbons (Fsp3) is 0.500. The Bertz CT molecular complexity index is 442. The second-order valence-electron chi connectivity index (χ2n) is 4.27. The number of nitrogens with one attached hydrogen (secondary N) is 1. The summed E-state index contributed by atoms with van der Waals surface area (Å²) in [6, 6.07) is 7.84. The minimum Gasteiger partial charge on any atom is -0.495 e. The highest BCUT2D eigenvalue weighted by Gasteiger charge is 2.14. The van der Waals surface area contributed by atoms with Gasteiger partial charge in [-0.15, -0.1) is 0 Å². The molecule has 5 heteroatoms. The highest BCUT2D eigenvalue weighted by molar-refractivity contribution is 7.99. The van der Waals surface area contributed by atoms with Gasteiger partial charge in [0.15, 0.2) is 0 Å². The first-order valence-electron chi connectivity index (χ1n) is 6.10. The third-order valence-electron chi connectivity index (χ3n) is 3.05. The molecule has 0 amide bonds. The number of hydrogen-bond donors (Lipinski definition) is 2. The van der Waals surface area contributed by atoms with E-state index >= 15 is 0 Å². The Morgan fingerprint density at radius 3 is 2.79 bits per heavy atom. The van der Waals surface area contributed by atoms with Crippen molar-refractivity contribution in [3.63, 3.8) is 0 Å². The molecule has 0 heterocycles. The first kappa shape index (κ1) is 15.8. The van der Waals surface area contributed by atoms with Crippen molar-refractivity contribution in [2.45, 2.75) is 24.8 Å². The normalized spacial score (nSPS) is 13.6. The number of nitriles is 1. The number of benzene rings is 1. The van der Waals surface area contributed by atoms with Gasteiger partial charge < -0.3 is 15.2 Å². The highest BCUT2D eigenvalue weighted by Crippen LogP contribution is 2.19. The number of hydrogen-bond acceptors (Lipinski definition) is 5. The fourth-order valence-corrected chi connectivity index (χ4v) is 2.44. The smallest absolute Gasteiger partial charge is 0.136 e.